The summed E-state index contributed by atoms with van der Waals surface area (Å²) in [6.45, 7) is 0. The lowest BCUT2D eigenvalue weighted by Gasteiger charge is -2.14. The summed E-state index contributed by atoms with van der Waals surface area (Å²) in [7, 11) is 1.55. The highest BCUT2D eigenvalue weighted by Gasteiger charge is 2.28. The van der Waals surface area contributed by atoms with Crippen molar-refractivity contribution in [2.24, 2.45) is 0 Å². The van der Waals surface area contributed by atoms with Gasteiger partial charge in [0, 0.05) is 17.3 Å². The van der Waals surface area contributed by atoms with Gasteiger partial charge in [-0.3, -0.25) is 20.2 Å². The molecule has 2 aromatic carbocycles. The number of amides is 4. The van der Waals surface area contributed by atoms with E-state index in [1.165, 1.54) is 6.08 Å². The van der Waals surface area contributed by atoms with Crippen molar-refractivity contribution in [3.05, 3.63) is 71.9 Å². The molecule has 0 spiro atoms. The Morgan fingerprint density at radius 3 is 2.28 bits per heavy atom. The Balaban J connectivity index is 1.89. The number of barbiturate groups is 1. The fraction of sp³-hybridized carbons (Fsp3) is 0.0476. The van der Waals surface area contributed by atoms with Crippen molar-refractivity contribution in [3.63, 3.8) is 0 Å². The van der Waals surface area contributed by atoms with Crippen molar-refractivity contribution in [2.45, 2.75) is 0 Å². The van der Waals surface area contributed by atoms with E-state index in [2.05, 4.69) is 15.7 Å². The first kappa shape index (κ1) is 18.2. The quantitative estimate of drug-likeness (QED) is 0.527. The van der Waals surface area contributed by atoms with Crippen LogP contribution in [-0.2, 0) is 9.59 Å². The van der Waals surface area contributed by atoms with Crippen molar-refractivity contribution in [1.29, 1.82) is 0 Å². The van der Waals surface area contributed by atoms with Crippen molar-refractivity contribution < 1.29 is 19.1 Å². The van der Waals surface area contributed by atoms with Gasteiger partial charge in [0.05, 0.1) is 12.8 Å². The highest BCUT2D eigenvalue weighted by Crippen LogP contribution is 2.32. The maximum absolute atomic E-state index is 12.2. The smallest absolute Gasteiger partial charge is 0.328 e. The zero-order chi connectivity index (χ0) is 20.4. The average molecular weight is 388 g/mol. The fourth-order valence-corrected chi connectivity index (χ4v) is 3.02. The number of rotatable bonds is 4. The summed E-state index contributed by atoms with van der Waals surface area (Å²) in [5.41, 5.74) is 2.36. The molecular formula is C21H16N4O4. The predicted octanol–water partition coefficient (Wildman–Crippen LogP) is 2.30. The van der Waals surface area contributed by atoms with E-state index in [0.29, 0.717) is 22.6 Å². The van der Waals surface area contributed by atoms with Crippen molar-refractivity contribution in [2.75, 3.05) is 7.11 Å². The second-order valence-corrected chi connectivity index (χ2v) is 6.21. The molecule has 1 aliphatic rings. The number of nitrogens with one attached hydrogen (secondary N) is 2. The fourth-order valence-electron chi connectivity index (χ4n) is 3.02. The third kappa shape index (κ3) is 3.51. The van der Waals surface area contributed by atoms with Gasteiger partial charge >= 0.3 is 6.03 Å². The van der Waals surface area contributed by atoms with Crippen LogP contribution in [-0.4, -0.2) is 34.7 Å². The summed E-state index contributed by atoms with van der Waals surface area (Å²) in [5, 5.41) is 8.79. The lowest BCUT2D eigenvalue weighted by atomic mass is 10.0. The molecule has 0 atom stereocenters. The topological polar surface area (TPSA) is 102 Å². The van der Waals surface area contributed by atoms with Gasteiger partial charge in [-0.25, -0.2) is 9.48 Å². The highest BCUT2D eigenvalue weighted by molar-refractivity contribution is 6.31. The number of carbonyl (C=O) groups is 3. The Kier molecular flexibility index (Phi) is 4.66. The number of carbonyl (C=O) groups excluding carboxylic acids is 3. The standard InChI is InChI=1S/C21H16N4O4/c1-29-17-10-6-5-9-15(17)18-13(11-16-19(26)22-21(28)23-20(16)27)12-25(24-18)14-7-3-2-4-8-14/h2-12H,1H3,(H2,22,23,26,27,28). The molecule has 2 N–H and O–H groups in total. The summed E-state index contributed by atoms with van der Waals surface area (Å²) in [6.07, 6.45) is 3.12. The second-order valence-electron chi connectivity index (χ2n) is 6.21. The van der Waals surface area contributed by atoms with E-state index in [9.17, 15) is 14.4 Å². The number of benzene rings is 2. The first-order valence-electron chi connectivity index (χ1n) is 8.73. The van der Waals surface area contributed by atoms with E-state index in [0.717, 1.165) is 5.69 Å². The van der Waals surface area contributed by atoms with E-state index >= 15 is 0 Å². The molecule has 144 valence electrons. The van der Waals surface area contributed by atoms with Crippen LogP contribution in [0.25, 0.3) is 23.0 Å². The summed E-state index contributed by atoms with van der Waals surface area (Å²) >= 11 is 0. The van der Waals surface area contributed by atoms with E-state index in [-0.39, 0.29) is 5.57 Å². The molecule has 4 amide bonds. The number of hydrogen-bond acceptors (Lipinski definition) is 5. The Morgan fingerprint density at radius 1 is 0.931 bits per heavy atom. The first-order valence-corrected chi connectivity index (χ1v) is 8.73. The molecule has 1 aliphatic heterocycles. The number of hydrogen-bond donors (Lipinski definition) is 2. The van der Waals surface area contributed by atoms with Gasteiger partial charge in [0.2, 0.25) is 0 Å². The summed E-state index contributed by atoms with van der Waals surface area (Å²) < 4.78 is 7.09. The third-order valence-corrected chi connectivity index (χ3v) is 4.37. The Morgan fingerprint density at radius 2 is 1.59 bits per heavy atom. The van der Waals surface area contributed by atoms with Crippen molar-refractivity contribution in [1.82, 2.24) is 20.4 Å². The number of methoxy groups -OCH3 is 1. The first-order chi connectivity index (χ1) is 14.1. The van der Waals surface area contributed by atoms with Gasteiger partial charge < -0.3 is 4.74 Å². The molecule has 2 heterocycles. The van der Waals surface area contributed by atoms with Gasteiger partial charge in [-0.2, -0.15) is 5.10 Å². The monoisotopic (exact) mass is 388 g/mol. The Labute approximate surface area is 165 Å². The molecule has 1 aromatic heterocycles. The van der Waals surface area contributed by atoms with E-state index in [1.54, 1.807) is 24.1 Å². The lowest BCUT2D eigenvalue weighted by molar-refractivity contribution is -0.123. The van der Waals surface area contributed by atoms with Crippen LogP contribution in [0, 0.1) is 0 Å². The Hall–Kier alpha value is -4.20. The van der Waals surface area contributed by atoms with E-state index in [1.807, 2.05) is 48.5 Å². The second kappa shape index (κ2) is 7.43. The van der Waals surface area contributed by atoms with Gasteiger partial charge in [0.15, 0.2) is 0 Å². The molecular weight excluding hydrogens is 372 g/mol. The van der Waals surface area contributed by atoms with E-state index < -0.39 is 17.8 Å². The summed E-state index contributed by atoms with van der Waals surface area (Å²) in [6, 6.07) is 15.9. The van der Waals surface area contributed by atoms with Crippen LogP contribution in [0.2, 0.25) is 0 Å². The minimum Gasteiger partial charge on any atom is -0.496 e. The van der Waals surface area contributed by atoms with Gasteiger partial charge in [0.25, 0.3) is 11.8 Å². The van der Waals surface area contributed by atoms with E-state index in [4.69, 9.17) is 4.74 Å². The van der Waals surface area contributed by atoms with Crippen LogP contribution in [0.5, 0.6) is 5.75 Å². The number of aromatic nitrogens is 2. The molecule has 29 heavy (non-hydrogen) atoms. The number of imide groups is 2. The molecule has 0 unspecified atom stereocenters. The molecule has 0 radical (unpaired) electrons. The highest BCUT2D eigenvalue weighted by atomic mass is 16.5. The number of nitrogens with zero attached hydrogens (tertiary/aromatic N) is 2. The number of ether oxygens (including phenoxy) is 1. The molecule has 8 nitrogen and oxygen atoms in total. The maximum Gasteiger partial charge on any atom is 0.328 e. The zero-order valence-electron chi connectivity index (χ0n) is 15.4. The summed E-state index contributed by atoms with van der Waals surface area (Å²) in [4.78, 5) is 35.6. The van der Waals surface area contributed by atoms with Crippen LogP contribution in [0.4, 0.5) is 4.79 Å². The summed E-state index contributed by atoms with van der Waals surface area (Å²) in [5.74, 6) is -0.937. The molecule has 0 aliphatic carbocycles. The SMILES string of the molecule is COc1ccccc1-c1nn(-c2ccccc2)cc1C=C1C(=O)NC(=O)NC1=O. The van der Waals surface area contributed by atoms with Gasteiger partial charge in [-0.15, -0.1) is 0 Å². The molecule has 8 heteroatoms. The molecule has 3 aromatic rings. The minimum absolute atomic E-state index is 0.187. The van der Waals surface area contributed by atoms with Crippen LogP contribution >= 0.6 is 0 Å². The minimum atomic E-state index is -0.845. The largest absolute Gasteiger partial charge is 0.496 e. The average Bonchev–Trinajstić information content (AvgIpc) is 3.15. The molecule has 1 fully saturated rings. The van der Waals surface area contributed by atoms with Gasteiger partial charge in [-0.05, 0) is 30.3 Å². The van der Waals surface area contributed by atoms with Crippen LogP contribution in [0.1, 0.15) is 5.56 Å². The normalized spacial score (nSPS) is 13.7. The maximum atomic E-state index is 12.2. The number of para-hydroxylation sites is 2. The number of urea groups is 1. The molecule has 4 rings (SSSR count). The molecule has 1 saturated heterocycles. The lowest BCUT2D eigenvalue weighted by Crippen LogP contribution is -2.51. The van der Waals surface area contributed by atoms with Crippen molar-refractivity contribution in [3.8, 4) is 22.7 Å². The van der Waals surface area contributed by atoms with Crippen LogP contribution in [0.15, 0.2) is 66.4 Å². The Bertz CT molecular complexity index is 1130. The van der Waals surface area contributed by atoms with Crippen LogP contribution in [0.3, 0.4) is 0 Å². The predicted molar refractivity (Wildman–Crippen MR) is 105 cm³/mol. The van der Waals surface area contributed by atoms with Crippen molar-refractivity contribution >= 4 is 23.9 Å². The molecule has 0 bridgehead atoms. The zero-order valence-corrected chi connectivity index (χ0v) is 15.4. The van der Waals surface area contributed by atoms with Gasteiger partial charge in [0.1, 0.15) is 17.0 Å². The molecule has 0 saturated carbocycles. The van der Waals surface area contributed by atoms with Crippen LogP contribution < -0.4 is 15.4 Å². The third-order valence-electron chi connectivity index (χ3n) is 4.37. The van der Waals surface area contributed by atoms with Gasteiger partial charge in [-0.1, -0.05) is 30.3 Å².